The number of carbonyl (C=O) groups excluding carboxylic acids is 1. The average Bonchev–Trinajstić information content (AvgIpc) is 2.62. The predicted molar refractivity (Wildman–Crippen MR) is 89.9 cm³/mol. The topological polar surface area (TPSA) is 54.5 Å². The van der Waals surface area contributed by atoms with Crippen molar-refractivity contribution >= 4 is 11.7 Å². The molecule has 1 aromatic heterocycles. The molecule has 5 nitrogen and oxygen atoms in total. The molecule has 24 heavy (non-hydrogen) atoms. The van der Waals surface area contributed by atoms with Crippen LogP contribution in [-0.4, -0.2) is 37.1 Å². The molecule has 3 rings (SSSR count). The number of carbonyl (C=O) groups is 1. The Morgan fingerprint density at radius 2 is 2.25 bits per heavy atom. The second-order valence-corrected chi connectivity index (χ2v) is 5.79. The number of ether oxygens (including phenoxy) is 1. The van der Waals surface area contributed by atoms with E-state index in [4.69, 9.17) is 4.74 Å². The van der Waals surface area contributed by atoms with Gasteiger partial charge in [0.15, 0.2) is 0 Å². The first kappa shape index (κ1) is 16.2. The van der Waals surface area contributed by atoms with Crippen molar-refractivity contribution in [2.45, 2.75) is 18.9 Å². The van der Waals surface area contributed by atoms with Crippen LogP contribution < -0.4 is 15.0 Å². The summed E-state index contributed by atoms with van der Waals surface area (Å²) in [6, 6.07) is 9.71. The van der Waals surface area contributed by atoms with Crippen LogP contribution in [0.15, 0.2) is 42.6 Å². The Morgan fingerprint density at radius 3 is 3.00 bits per heavy atom. The molecule has 126 valence electrons. The third kappa shape index (κ3) is 3.64. The number of aromatic nitrogens is 1. The Bertz CT molecular complexity index is 709. The minimum absolute atomic E-state index is 0.0128. The highest BCUT2D eigenvalue weighted by molar-refractivity contribution is 5.97. The van der Waals surface area contributed by atoms with E-state index in [1.165, 1.54) is 25.3 Å². The summed E-state index contributed by atoms with van der Waals surface area (Å²) < 4.78 is 18.6. The molecule has 1 N–H and O–H groups in total. The van der Waals surface area contributed by atoms with Crippen LogP contribution in [0.3, 0.4) is 0 Å². The summed E-state index contributed by atoms with van der Waals surface area (Å²) in [6.45, 7) is 1.59. The van der Waals surface area contributed by atoms with Crippen molar-refractivity contribution in [3.05, 3.63) is 54.0 Å². The minimum atomic E-state index is -0.459. The van der Waals surface area contributed by atoms with Gasteiger partial charge < -0.3 is 15.0 Å². The predicted octanol–water partition coefficient (Wildman–Crippen LogP) is 2.63. The van der Waals surface area contributed by atoms with Crippen molar-refractivity contribution in [3.63, 3.8) is 0 Å². The SMILES string of the molecule is COc1ccc(F)cc1C(=O)NC1CCCN(c2ccccn2)C1. The van der Waals surface area contributed by atoms with E-state index in [2.05, 4.69) is 15.2 Å². The van der Waals surface area contributed by atoms with E-state index in [0.29, 0.717) is 12.3 Å². The van der Waals surface area contributed by atoms with E-state index in [1.807, 2.05) is 18.2 Å². The highest BCUT2D eigenvalue weighted by Crippen LogP contribution is 2.21. The molecular formula is C18H20FN3O2. The van der Waals surface area contributed by atoms with E-state index in [9.17, 15) is 9.18 Å². The summed E-state index contributed by atoms with van der Waals surface area (Å²) >= 11 is 0. The summed E-state index contributed by atoms with van der Waals surface area (Å²) in [6.07, 6.45) is 3.60. The van der Waals surface area contributed by atoms with Gasteiger partial charge in [-0.2, -0.15) is 0 Å². The molecule has 0 bridgehead atoms. The van der Waals surface area contributed by atoms with Crippen molar-refractivity contribution in [3.8, 4) is 5.75 Å². The van der Waals surface area contributed by atoms with Crippen LogP contribution in [0.5, 0.6) is 5.75 Å². The highest BCUT2D eigenvalue weighted by Gasteiger charge is 2.24. The van der Waals surface area contributed by atoms with Crippen LogP contribution in [0.2, 0.25) is 0 Å². The number of hydrogen-bond donors (Lipinski definition) is 1. The number of methoxy groups -OCH3 is 1. The standard InChI is InChI=1S/C18H20FN3O2/c1-24-16-8-7-13(19)11-15(16)18(23)21-14-5-4-10-22(12-14)17-6-2-3-9-20-17/h2-3,6-9,11,14H,4-5,10,12H2,1H3,(H,21,23). The monoisotopic (exact) mass is 329 g/mol. The molecule has 2 aromatic rings. The lowest BCUT2D eigenvalue weighted by molar-refractivity contribution is 0.0929. The molecule has 1 aliphatic heterocycles. The van der Waals surface area contributed by atoms with E-state index < -0.39 is 5.82 Å². The van der Waals surface area contributed by atoms with Crippen molar-refractivity contribution in [1.29, 1.82) is 0 Å². The quantitative estimate of drug-likeness (QED) is 0.937. The fourth-order valence-electron chi connectivity index (χ4n) is 2.96. The number of rotatable bonds is 4. The third-order valence-electron chi connectivity index (χ3n) is 4.14. The van der Waals surface area contributed by atoms with Gasteiger partial charge in [-0.05, 0) is 43.2 Å². The number of halogens is 1. The maximum atomic E-state index is 13.5. The van der Waals surface area contributed by atoms with Crippen LogP contribution >= 0.6 is 0 Å². The fraction of sp³-hybridized carbons (Fsp3) is 0.333. The van der Waals surface area contributed by atoms with Crippen LogP contribution in [0.25, 0.3) is 0 Å². The number of nitrogens with one attached hydrogen (secondary N) is 1. The van der Waals surface area contributed by atoms with Crippen LogP contribution in [0.1, 0.15) is 23.2 Å². The molecule has 1 aromatic carbocycles. The lowest BCUT2D eigenvalue weighted by atomic mass is 10.0. The Morgan fingerprint density at radius 1 is 1.38 bits per heavy atom. The first-order valence-corrected chi connectivity index (χ1v) is 7.98. The van der Waals surface area contributed by atoms with E-state index in [0.717, 1.165) is 25.2 Å². The molecule has 1 saturated heterocycles. The number of piperidine rings is 1. The molecular weight excluding hydrogens is 309 g/mol. The Labute approximate surface area is 140 Å². The largest absolute Gasteiger partial charge is 0.496 e. The van der Waals surface area contributed by atoms with Gasteiger partial charge in [0.25, 0.3) is 5.91 Å². The summed E-state index contributed by atoms with van der Waals surface area (Å²) in [5.41, 5.74) is 0.215. The van der Waals surface area contributed by atoms with Crippen LogP contribution in [0.4, 0.5) is 10.2 Å². The Hall–Kier alpha value is -2.63. The van der Waals surface area contributed by atoms with Crippen molar-refractivity contribution in [2.24, 2.45) is 0 Å². The molecule has 1 unspecified atom stereocenters. The van der Waals surface area contributed by atoms with Crippen LogP contribution in [-0.2, 0) is 0 Å². The average molecular weight is 329 g/mol. The molecule has 1 aliphatic rings. The first-order chi connectivity index (χ1) is 11.7. The highest BCUT2D eigenvalue weighted by atomic mass is 19.1. The molecule has 2 heterocycles. The maximum absolute atomic E-state index is 13.5. The molecule has 1 amide bonds. The van der Waals surface area contributed by atoms with E-state index >= 15 is 0 Å². The zero-order valence-corrected chi connectivity index (χ0v) is 13.5. The van der Waals surface area contributed by atoms with Gasteiger partial charge in [0.1, 0.15) is 17.4 Å². The number of nitrogens with zero attached hydrogens (tertiary/aromatic N) is 2. The normalized spacial score (nSPS) is 17.4. The second kappa shape index (κ2) is 7.29. The molecule has 0 saturated carbocycles. The lowest BCUT2D eigenvalue weighted by Gasteiger charge is -2.34. The zero-order chi connectivity index (χ0) is 16.9. The second-order valence-electron chi connectivity index (χ2n) is 5.79. The number of hydrogen-bond acceptors (Lipinski definition) is 4. The van der Waals surface area contributed by atoms with Crippen molar-refractivity contribution in [2.75, 3.05) is 25.1 Å². The minimum Gasteiger partial charge on any atom is -0.496 e. The lowest BCUT2D eigenvalue weighted by Crippen LogP contribution is -2.48. The fourth-order valence-corrected chi connectivity index (χ4v) is 2.96. The molecule has 0 radical (unpaired) electrons. The Kier molecular flexibility index (Phi) is 4.93. The zero-order valence-electron chi connectivity index (χ0n) is 13.5. The smallest absolute Gasteiger partial charge is 0.255 e. The van der Waals surface area contributed by atoms with Gasteiger partial charge in [-0.1, -0.05) is 6.07 Å². The van der Waals surface area contributed by atoms with Crippen molar-refractivity contribution < 1.29 is 13.9 Å². The van der Waals surface area contributed by atoms with Crippen LogP contribution in [0, 0.1) is 5.82 Å². The number of pyridine rings is 1. The van der Waals surface area contributed by atoms with E-state index in [1.54, 1.807) is 6.20 Å². The van der Waals surface area contributed by atoms with Gasteiger partial charge in [-0.25, -0.2) is 9.37 Å². The molecule has 0 aliphatic carbocycles. The first-order valence-electron chi connectivity index (χ1n) is 7.98. The molecule has 6 heteroatoms. The van der Waals surface area contributed by atoms with Gasteiger partial charge in [-0.3, -0.25) is 4.79 Å². The summed E-state index contributed by atoms with van der Waals surface area (Å²) in [7, 11) is 1.47. The summed E-state index contributed by atoms with van der Waals surface area (Å²) in [5.74, 6) is 0.491. The third-order valence-corrected chi connectivity index (χ3v) is 4.14. The van der Waals surface area contributed by atoms with Crippen molar-refractivity contribution in [1.82, 2.24) is 10.3 Å². The molecule has 1 atom stereocenters. The van der Waals surface area contributed by atoms with Gasteiger partial charge in [0.05, 0.1) is 12.7 Å². The van der Waals surface area contributed by atoms with E-state index in [-0.39, 0.29) is 17.5 Å². The van der Waals surface area contributed by atoms with Gasteiger partial charge in [0.2, 0.25) is 0 Å². The summed E-state index contributed by atoms with van der Waals surface area (Å²) in [5, 5.41) is 2.98. The number of benzene rings is 1. The summed E-state index contributed by atoms with van der Waals surface area (Å²) in [4.78, 5) is 19.0. The van der Waals surface area contributed by atoms with Gasteiger partial charge in [0, 0.05) is 25.3 Å². The Balaban J connectivity index is 1.69. The maximum Gasteiger partial charge on any atom is 0.255 e. The van der Waals surface area contributed by atoms with Gasteiger partial charge in [-0.15, -0.1) is 0 Å². The van der Waals surface area contributed by atoms with Gasteiger partial charge >= 0.3 is 0 Å². The number of amides is 1. The molecule has 1 fully saturated rings. The number of anilines is 1. The molecule has 0 spiro atoms.